The molecule has 0 heterocycles. The van der Waals surface area contributed by atoms with E-state index in [-0.39, 0.29) is 5.91 Å². The van der Waals surface area contributed by atoms with Crippen molar-refractivity contribution in [1.29, 1.82) is 0 Å². The van der Waals surface area contributed by atoms with Crippen LogP contribution >= 0.6 is 12.2 Å². The number of carbonyl (C=O) groups is 1. The fourth-order valence-electron chi connectivity index (χ4n) is 2.15. The number of thiocarbonyl (C=S) groups is 1. The molecule has 0 aliphatic heterocycles. The van der Waals surface area contributed by atoms with Crippen LogP contribution in [0.5, 0.6) is 0 Å². The molecule has 18 heavy (non-hydrogen) atoms. The number of benzene rings is 1. The van der Waals surface area contributed by atoms with Gasteiger partial charge in [-0.2, -0.15) is 0 Å². The van der Waals surface area contributed by atoms with E-state index in [1.807, 2.05) is 0 Å². The standard InChI is InChI=1S/C14H18N2OS/c1-2-3-11-8-12(11)16-14(17)10-6-4-9(5-7-10)13(15)18/h4-7,11-12H,2-3,8H2,1H3,(H2,15,18)(H,16,17). The zero-order chi connectivity index (χ0) is 13.1. The van der Waals surface area contributed by atoms with Crippen LogP contribution in [-0.2, 0) is 0 Å². The summed E-state index contributed by atoms with van der Waals surface area (Å²) < 4.78 is 0. The number of carbonyl (C=O) groups excluding carboxylic acids is 1. The van der Waals surface area contributed by atoms with Gasteiger partial charge < -0.3 is 11.1 Å². The van der Waals surface area contributed by atoms with Gasteiger partial charge in [-0.15, -0.1) is 0 Å². The third-order valence-corrected chi connectivity index (χ3v) is 3.57. The largest absolute Gasteiger partial charge is 0.389 e. The van der Waals surface area contributed by atoms with E-state index >= 15 is 0 Å². The summed E-state index contributed by atoms with van der Waals surface area (Å²) >= 11 is 4.87. The first-order valence-electron chi connectivity index (χ1n) is 6.32. The molecule has 0 bridgehead atoms. The van der Waals surface area contributed by atoms with Crippen molar-refractivity contribution < 1.29 is 4.79 Å². The molecule has 2 unspecified atom stereocenters. The number of nitrogens with two attached hydrogens (primary N) is 1. The summed E-state index contributed by atoms with van der Waals surface area (Å²) in [5.41, 5.74) is 6.97. The molecule has 1 aliphatic rings. The molecule has 3 nitrogen and oxygen atoms in total. The second kappa shape index (κ2) is 5.48. The van der Waals surface area contributed by atoms with E-state index in [1.54, 1.807) is 24.3 Å². The lowest BCUT2D eigenvalue weighted by molar-refractivity contribution is 0.0949. The van der Waals surface area contributed by atoms with Crippen LogP contribution in [0.3, 0.4) is 0 Å². The molecule has 1 amide bonds. The molecule has 96 valence electrons. The minimum absolute atomic E-state index is 0.00640. The van der Waals surface area contributed by atoms with Gasteiger partial charge in [0.15, 0.2) is 0 Å². The van der Waals surface area contributed by atoms with E-state index in [2.05, 4.69) is 12.2 Å². The highest BCUT2D eigenvalue weighted by molar-refractivity contribution is 7.80. The lowest BCUT2D eigenvalue weighted by Gasteiger charge is -2.05. The maximum atomic E-state index is 12.0. The Hall–Kier alpha value is -1.42. The number of hydrogen-bond acceptors (Lipinski definition) is 2. The average Bonchev–Trinajstić information content (AvgIpc) is 3.08. The Balaban J connectivity index is 1.91. The molecule has 2 rings (SSSR count). The Kier molecular flexibility index (Phi) is 3.97. The highest BCUT2D eigenvalue weighted by Gasteiger charge is 2.37. The first kappa shape index (κ1) is 13.0. The number of hydrogen-bond donors (Lipinski definition) is 2. The number of amides is 1. The molecule has 1 aromatic carbocycles. The lowest BCUT2D eigenvalue weighted by Crippen LogP contribution is -2.26. The Morgan fingerprint density at radius 3 is 2.56 bits per heavy atom. The van der Waals surface area contributed by atoms with E-state index in [0.717, 1.165) is 12.0 Å². The van der Waals surface area contributed by atoms with E-state index in [9.17, 15) is 4.79 Å². The fourth-order valence-corrected chi connectivity index (χ4v) is 2.29. The summed E-state index contributed by atoms with van der Waals surface area (Å²) in [5, 5.41) is 3.05. The minimum Gasteiger partial charge on any atom is -0.389 e. The Labute approximate surface area is 113 Å². The maximum Gasteiger partial charge on any atom is 0.251 e. The van der Waals surface area contributed by atoms with Gasteiger partial charge in [-0.3, -0.25) is 4.79 Å². The molecule has 0 aromatic heterocycles. The normalized spacial score (nSPS) is 21.4. The van der Waals surface area contributed by atoms with Crippen LogP contribution in [0.4, 0.5) is 0 Å². The van der Waals surface area contributed by atoms with Crippen LogP contribution < -0.4 is 11.1 Å². The molecule has 1 aromatic rings. The summed E-state index contributed by atoms with van der Waals surface area (Å²) in [6, 6.07) is 7.47. The van der Waals surface area contributed by atoms with Crippen molar-refractivity contribution in [3.63, 3.8) is 0 Å². The highest BCUT2D eigenvalue weighted by atomic mass is 32.1. The first-order valence-corrected chi connectivity index (χ1v) is 6.73. The van der Waals surface area contributed by atoms with Crippen molar-refractivity contribution in [3.05, 3.63) is 35.4 Å². The van der Waals surface area contributed by atoms with Crippen LogP contribution in [0.2, 0.25) is 0 Å². The van der Waals surface area contributed by atoms with Gasteiger partial charge in [0.05, 0.1) is 0 Å². The third kappa shape index (κ3) is 3.07. The monoisotopic (exact) mass is 262 g/mol. The maximum absolute atomic E-state index is 12.0. The zero-order valence-electron chi connectivity index (χ0n) is 10.5. The Morgan fingerprint density at radius 1 is 1.39 bits per heavy atom. The molecule has 3 N–H and O–H groups in total. The van der Waals surface area contributed by atoms with E-state index in [1.165, 1.54) is 12.8 Å². The molecule has 0 spiro atoms. The third-order valence-electron chi connectivity index (χ3n) is 3.33. The molecule has 0 radical (unpaired) electrons. The summed E-state index contributed by atoms with van der Waals surface area (Å²) in [4.78, 5) is 12.3. The zero-order valence-corrected chi connectivity index (χ0v) is 11.3. The smallest absolute Gasteiger partial charge is 0.251 e. The Bertz CT molecular complexity index is 455. The van der Waals surface area contributed by atoms with Crippen LogP contribution in [0.15, 0.2) is 24.3 Å². The van der Waals surface area contributed by atoms with E-state index < -0.39 is 0 Å². The number of rotatable bonds is 5. The Morgan fingerprint density at radius 2 is 2.00 bits per heavy atom. The molecular weight excluding hydrogens is 244 g/mol. The molecule has 0 saturated heterocycles. The molecular formula is C14H18N2OS. The van der Waals surface area contributed by atoms with Crippen molar-refractivity contribution in [2.45, 2.75) is 32.2 Å². The summed E-state index contributed by atoms with van der Waals surface area (Å²) in [6.45, 7) is 2.17. The fraction of sp³-hybridized carbons (Fsp3) is 0.429. The highest BCUT2D eigenvalue weighted by Crippen LogP contribution is 2.34. The molecule has 1 aliphatic carbocycles. The van der Waals surface area contributed by atoms with Crippen LogP contribution in [0, 0.1) is 5.92 Å². The molecule has 2 atom stereocenters. The number of nitrogens with one attached hydrogen (secondary N) is 1. The van der Waals surface area contributed by atoms with Crippen LogP contribution in [0.1, 0.15) is 42.1 Å². The minimum atomic E-state index is -0.00640. The summed E-state index contributed by atoms with van der Waals surface area (Å²) in [6.07, 6.45) is 3.50. The second-order valence-corrected chi connectivity index (χ2v) is 5.25. The van der Waals surface area contributed by atoms with Gasteiger partial charge in [0.1, 0.15) is 4.99 Å². The molecule has 1 saturated carbocycles. The predicted molar refractivity (Wildman–Crippen MR) is 76.6 cm³/mol. The van der Waals surface area contributed by atoms with E-state index in [4.69, 9.17) is 18.0 Å². The molecule has 4 heteroatoms. The quantitative estimate of drug-likeness (QED) is 0.800. The van der Waals surface area contributed by atoms with Crippen molar-refractivity contribution in [2.24, 2.45) is 11.7 Å². The van der Waals surface area contributed by atoms with Crippen molar-refractivity contribution in [3.8, 4) is 0 Å². The summed E-state index contributed by atoms with van der Waals surface area (Å²) in [5.74, 6) is 0.669. The van der Waals surface area contributed by atoms with Gasteiger partial charge in [0, 0.05) is 17.2 Å². The SMILES string of the molecule is CCCC1CC1NC(=O)c1ccc(C(N)=S)cc1. The molecule has 1 fully saturated rings. The van der Waals surface area contributed by atoms with Gasteiger partial charge in [-0.05, 0) is 30.9 Å². The van der Waals surface area contributed by atoms with Crippen molar-refractivity contribution in [1.82, 2.24) is 5.32 Å². The first-order chi connectivity index (χ1) is 8.61. The topological polar surface area (TPSA) is 55.1 Å². The lowest BCUT2D eigenvalue weighted by atomic mass is 10.1. The van der Waals surface area contributed by atoms with Crippen LogP contribution in [-0.4, -0.2) is 16.9 Å². The van der Waals surface area contributed by atoms with Gasteiger partial charge >= 0.3 is 0 Å². The van der Waals surface area contributed by atoms with Gasteiger partial charge in [-0.25, -0.2) is 0 Å². The second-order valence-electron chi connectivity index (χ2n) is 4.81. The van der Waals surface area contributed by atoms with Gasteiger partial charge in [-0.1, -0.05) is 37.7 Å². The summed E-state index contributed by atoms with van der Waals surface area (Å²) in [7, 11) is 0. The average molecular weight is 262 g/mol. The van der Waals surface area contributed by atoms with Crippen molar-refractivity contribution >= 4 is 23.1 Å². The van der Waals surface area contributed by atoms with Crippen LogP contribution in [0.25, 0.3) is 0 Å². The van der Waals surface area contributed by atoms with Crippen molar-refractivity contribution in [2.75, 3.05) is 0 Å². The van der Waals surface area contributed by atoms with Gasteiger partial charge in [0.2, 0.25) is 0 Å². The predicted octanol–water partition coefficient (Wildman–Crippen LogP) is 2.24. The van der Waals surface area contributed by atoms with E-state index in [0.29, 0.717) is 22.5 Å². The van der Waals surface area contributed by atoms with Gasteiger partial charge in [0.25, 0.3) is 5.91 Å².